The number of ether oxygens (including phenoxy) is 1. The maximum Gasteiger partial charge on any atom is 0.0713 e. The van der Waals surface area contributed by atoms with Crippen molar-refractivity contribution in [2.75, 3.05) is 12.4 Å². The van der Waals surface area contributed by atoms with Gasteiger partial charge in [0.05, 0.1) is 6.61 Å². The lowest BCUT2D eigenvalue weighted by Crippen LogP contribution is -2.02. The molecule has 0 saturated carbocycles. The number of hydrogen-bond donors (Lipinski definition) is 1. The van der Waals surface area contributed by atoms with E-state index in [1.807, 2.05) is 0 Å². The maximum absolute atomic E-state index is 5.12. The molecular formula is C17H20BrNO. The molecule has 0 aliphatic rings. The zero-order valence-electron chi connectivity index (χ0n) is 11.9. The maximum atomic E-state index is 5.12. The van der Waals surface area contributed by atoms with Gasteiger partial charge < -0.3 is 10.1 Å². The highest BCUT2D eigenvalue weighted by atomic mass is 79.9. The van der Waals surface area contributed by atoms with Crippen LogP contribution in [0.3, 0.4) is 0 Å². The highest BCUT2D eigenvalue weighted by Gasteiger charge is 2.02. The molecule has 0 saturated heterocycles. The van der Waals surface area contributed by atoms with Crippen LogP contribution in [-0.2, 0) is 24.3 Å². The molecule has 106 valence electrons. The Balaban J connectivity index is 2.01. The number of nitrogens with one attached hydrogen (secondary N) is 1. The molecule has 20 heavy (non-hydrogen) atoms. The topological polar surface area (TPSA) is 21.3 Å². The first-order chi connectivity index (χ1) is 9.72. The molecule has 0 unspecified atom stereocenters. The van der Waals surface area contributed by atoms with Crippen molar-refractivity contribution >= 4 is 21.6 Å². The number of benzene rings is 2. The molecule has 0 amide bonds. The van der Waals surface area contributed by atoms with E-state index >= 15 is 0 Å². The summed E-state index contributed by atoms with van der Waals surface area (Å²) >= 11 is 3.52. The summed E-state index contributed by atoms with van der Waals surface area (Å²) in [6, 6.07) is 14.9. The van der Waals surface area contributed by atoms with Crippen molar-refractivity contribution in [3.05, 3.63) is 63.6 Å². The van der Waals surface area contributed by atoms with Crippen molar-refractivity contribution < 1.29 is 4.74 Å². The predicted molar refractivity (Wildman–Crippen MR) is 88.0 cm³/mol. The van der Waals surface area contributed by atoms with Crippen LogP contribution in [0.5, 0.6) is 0 Å². The van der Waals surface area contributed by atoms with Gasteiger partial charge in [-0.05, 0) is 41.3 Å². The van der Waals surface area contributed by atoms with Crippen molar-refractivity contribution in [1.82, 2.24) is 0 Å². The second kappa shape index (κ2) is 7.46. The molecule has 1 N–H and O–H groups in total. The Morgan fingerprint density at radius 1 is 1.05 bits per heavy atom. The van der Waals surface area contributed by atoms with Gasteiger partial charge in [-0.25, -0.2) is 0 Å². The van der Waals surface area contributed by atoms with Crippen molar-refractivity contribution in [3.63, 3.8) is 0 Å². The van der Waals surface area contributed by atoms with Crippen LogP contribution in [-0.4, -0.2) is 7.11 Å². The molecule has 2 aromatic carbocycles. The number of rotatable bonds is 6. The average molecular weight is 334 g/mol. The van der Waals surface area contributed by atoms with Crippen molar-refractivity contribution in [3.8, 4) is 0 Å². The van der Waals surface area contributed by atoms with E-state index < -0.39 is 0 Å². The highest BCUT2D eigenvalue weighted by Crippen LogP contribution is 2.22. The van der Waals surface area contributed by atoms with Crippen LogP contribution < -0.4 is 5.32 Å². The number of methoxy groups -OCH3 is 1. The molecule has 0 spiro atoms. The van der Waals surface area contributed by atoms with Gasteiger partial charge in [0.25, 0.3) is 0 Å². The first-order valence-corrected chi connectivity index (χ1v) is 7.61. The monoisotopic (exact) mass is 333 g/mol. The molecule has 2 nitrogen and oxygen atoms in total. The zero-order chi connectivity index (χ0) is 14.4. The summed E-state index contributed by atoms with van der Waals surface area (Å²) in [5.74, 6) is 0. The van der Waals surface area contributed by atoms with Crippen LogP contribution in [0.4, 0.5) is 5.69 Å². The van der Waals surface area contributed by atoms with Gasteiger partial charge >= 0.3 is 0 Å². The van der Waals surface area contributed by atoms with Gasteiger partial charge in [0.2, 0.25) is 0 Å². The van der Waals surface area contributed by atoms with Crippen molar-refractivity contribution in [1.29, 1.82) is 0 Å². The normalized spacial score (nSPS) is 10.6. The number of halogens is 1. The number of aryl methyl sites for hydroxylation is 1. The van der Waals surface area contributed by atoms with E-state index in [-0.39, 0.29) is 0 Å². The lowest BCUT2D eigenvalue weighted by atomic mass is 10.1. The summed E-state index contributed by atoms with van der Waals surface area (Å²) in [6.45, 7) is 3.68. The van der Waals surface area contributed by atoms with Gasteiger partial charge in [0, 0.05) is 23.8 Å². The minimum absolute atomic E-state index is 0.667. The summed E-state index contributed by atoms with van der Waals surface area (Å²) in [4.78, 5) is 0. The molecular weight excluding hydrogens is 314 g/mol. The minimum atomic E-state index is 0.667. The Morgan fingerprint density at radius 3 is 2.40 bits per heavy atom. The van der Waals surface area contributed by atoms with Gasteiger partial charge in [-0.2, -0.15) is 0 Å². The van der Waals surface area contributed by atoms with E-state index in [4.69, 9.17) is 4.74 Å². The van der Waals surface area contributed by atoms with E-state index in [2.05, 4.69) is 70.6 Å². The molecule has 0 fully saturated rings. The fourth-order valence-electron chi connectivity index (χ4n) is 2.14. The summed E-state index contributed by atoms with van der Waals surface area (Å²) in [5.41, 5.74) is 5.01. The lowest BCUT2D eigenvalue weighted by molar-refractivity contribution is 0.185. The first-order valence-electron chi connectivity index (χ1n) is 6.82. The molecule has 0 aromatic heterocycles. The Morgan fingerprint density at radius 2 is 1.75 bits per heavy atom. The SMILES string of the molecule is CCc1cc(Br)ccc1NCc1ccc(COC)cc1. The fourth-order valence-corrected chi connectivity index (χ4v) is 2.55. The molecule has 0 atom stereocenters. The van der Waals surface area contributed by atoms with Gasteiger partial charge in [-0.3, -0.25) is 0 Å². The Labute approximate surface area is 129 Å². The summed E-state index contributed by atoms with van der Waals surface area (Å²) in [6.07, 6.45) is 1.02. The van der Waals surface area contributed by atoms with Crippen molar-refractivity contribution in [2.45, 2.75) is 26.5 Å². The number of hydrogen-bond acceptors (Lipinski definition) is 2. The quantitative estimate of drug-likeness (QED) is 0.822. The Bertz CT molecular complexity index is 551. The van der Waals surface area contributed by atoms with E-state index in [0.717, 1.165) is 17.4 Å². The predicted octanol–water partition coefficient (Wildman–Crippen LogP) is 4.77. The second-order valence-electron chi connectivity index (χ2n) is 4.76. The average Bonchev–Trinajstić information content (AvgIpc) is 2.47. The van der Waals surface area contributed by atoms with Gasteiger partial charge in [0.1, 0.15) is 0 Å². The van der Waals surface area contributed by atoms with E-state index in [0.29, 0.717) is 6.61 Å². The third-order valence-electron chi connectivity index (χ3n) is 3.27. The van der Waals surface area contributed by atoms with Crippen molar-refractivity contribution in [2.24, 2.45) is 0 Å². The molecule has 0 bridgehead atoms. The van der Waals surface area contributed by atoms with E-state index in [9.17, 15) is 0 Å². The van der Waals surface area contributed by atoms with Gasteiger partial charge in [-0.1, -0.05) is 47.1 Å². The molecule has 0 aliphatic heterocycles. The Hall–Kier alpha value is -1.32. The summed E-state index contributed by atoms with van der Waals surface area (Å²) in [5, 5.41) is 3.51. The van der Waals surface area contributed by atoms with Gasteiger partial charge in [-0.15, -0.1) is 0 Å². The summed E-state index contributed by atoms with van der Waals surface area (Å²) < 4.78 is 6.25. The molecule has 3 heteroatoms. The highest BCUT2D eigenvalue weighted by molar-refractivity contribution is 9.10. The standard InChI is InChI=1S/C17H20BrNO/c1-3-15-10-16(18)8-9-17(15)19-11-13-4-6-14(7-5-13)12-20-2/h4-10,19H,3,11-12H2,1-2H3. The third-order valence-corrected chi connectivity index (χ3v) is 3.76. The van der Waals surface area contributed by atoms with Crippen LogP contribution in [0.1, 0.15) is 23.6 Å². The zero-order valence-corrected chi connectivity index (χ0v) is 13.5. The fraction of sp³-hybridized carbons (Fsp3) is 0.294. The first kappa shape index (κ1) is 15.1. The van der Waals surface area contributed by atoms with Crippen LogP contribution in [0, 0.1) is 0 Å². The minimum Gasteiger partial charge on any atom is -0.381 e. The largest absolute Gasteiger partial charge is 0.381 e. The molecule has 2 rings (SSSR count). The molecule has 0 aliphatic carbocycles. The van der Waals surface area contributed by atoms with E-state index in [1.165, 1.54) is 22.4 Å². The van der Waals surface area contributed by atoms with E-state index in [1.54, 1.807) is 7.11 Å². The van der Waals surface area contributed by atoms with Crippen LogP contribution >= 0.6 is 15.9 Å². The van der Waals surface area contributed by atoms with Crippen LogP contribution in [0.2, 0.25) is 0 Å². The van der Waals surface area contributed by atoms with Crippen LogP contribution in [0.15, 0.2) is 46.9 Å². The van der Waals surface area contributed by atoms with Crippen LogP contribution in [0.25, 0.3) is 0 Å². The lowest BCUT2D eigenvalue weighted by Gasteiger charge is -2.12. The molecule has 0 heterocycles. The second-order valence-corrected chi connectivity index (χ2v) is 5.67. The molecule has 2 aromatic rings. The summed E-state index contributed by atoms with van der Waals surface area (Å²) in [7, 11) is 1.72. The smallest absolute Gasteiger partial charge is 0.0713 e. The van der Waals surface area contributed by atoms with Gasteiger partial charge in [0.15, 0.2) is 0 Å². The Kier molecular flexibility index (Phi) is 5.62. The number of anilines is 1. The molecule has 0 radical (unpaired) electrons. The third kappa shape index (κ3) is 4.09.